The summed E-state index contributed by atoms with van der Waals surface area (Å²) in [5.74, 6) is 0. The Bertz CT molecular complexity index is 341. The fourth-order valence-corrected chi connectivity index (χ4v) is 1.69. The summed E-state index contributed by atoms with van der Waals surface area (Å²) in [6.07, 6.45) is 0. The molecule has 2 radical (unpaired) electrons. The average molecular weight is 150 g/mol. The maximum atomic E-state index is 3.22. The Morgan fingerprint density at radius 3 is 2.92 bits per heavy atom. The second kappa shape index (κ2) is 1.98. The minimum atomic E-state index is 1.24. The Kier molecular flexibility index (Phi) is 0.991. The molecule has 0 spiro atoms. The van der Waals surface area contributed by atoms with E-state index in [1.807, 2.05) is 24.3 Å². The zero-order valence-electron chi connectivity index (χ0n) is 6.46. The Labute approximate surface area is 71.5 Å². The Morgan fingerprint density at radius 2 is 1.92 bits per heavy atom. The first-order valence-electron chi connectivity index (χ1n) is 3.98. The van der Waals surface area contributed by atoms with Crippen molar-refractivity contribution in [3.63, 3.8) is 0 Å². The summed E-state index contributed by atoms with van der Waals surface area (Å²) < 4.78 is 0. The molecule has 0 bridgehead atoms. The number of benzene rings is 2. The van der Waals surface area contributed by atoms with E-state index in [0.717, 1.165) is 0 Å². The number of fused-ring (bicyclic) bond motifs is 4. The van der Waals surface area contributed by atoms with E-state index in [9.17, 15) is 0 Å². The van der Waals surface area contributed by atoms with Crippen LogP contribution in [0.2, 0.25) is 0 Å². The third-order valence-electron chi connectivity index (χ3n) is 2.28. The number of hydrogen-bond donors (Lipinski definition) is 0. The summed E-state index contributed by atoms with van der Waals surface area (Å²) in [5.41, 5.74) is 5.18. The Balaban J connectivity index is 2.34. The van der Waals surface area contributed by atoms with E-state index in [1.54, 1.807) is 0 Å². The third kappa shape index (κ3) is 0.578. The van der Waals surface area contributed by atoms with E-state index in [-0.39, 0.29) is 0 Å². The quantitative estimate of drug-likeness (QED) is 0.462. The van der Waals surface area contributed by atoms with Gasteiger partial charge in [0.1, 0.15) is 0 Å². The van der Waals surface area contributed by atoms with Crippen molar-refractivity contribution < 1.29 is 0 Å². The summed E-state index contributed by atoms with van der Waals surface area (Å²) >= 11 is 0. The van der Waals surface area contributed by atoms with Crippen LogP contribution in [0, 0.1) is 12.1 Å². The van der Waals surface area contributed by atoms with Crippen LogP contribution in [0.4, 0.5) is 0 Å². The van der Waals surface area contributed by atoms with Crippen molar-refractivity contribution >= 4 is 0 Å². The molecule has 0 unspecified atom stereocenters. The van der Waals surface area contributed by atoms with Crippen LogP contribution in [0.3, 0.4) is 0 Å². The van der Waals surface area contributed by atoms with Crippen LogP contribution in [-0.2, 0) is 0 Å². The smallest absolute Gasteiger partial charge is 0.00199 e. The zero-order chi connectivity index (χ0) is 7.97. The lowest BCUT2D eigenvalue weighted by Crippen LogP contribution is -1.96. The molecule has 0 amide bonds. The highest BCUT2D eigenvalue weighted by Gasteiger charge is 2.19. The predicted molar refractivity (Wildman–Crippen MR) is 48.5 cm³/mol. The van der Waals surface area contributed by atoms with E-state index < -0.39 is 0 Å². The minimum absolute atomic E-state index is 1.24. The molecule has 0 nitrogen and oxygen atoms in total. The zero-order valence-corrected chi connectivity index (χ0v) is 6.46. The molecule has 3 rings (SSSR count). The summed E-state index contributed by atoms with van der Waals surface area (Å²) in [7, 11) is 0. The van der Waals surface area contributed by atoms with Crippen LogP contribution in [-0.4, -0.2) is 0 Å². The normalized spacial score (nSPS) is 11.3. The van der Waals surface area contributed by atoms with Gasteiger partial charge in [-0.05, 0) is 40.5 Å². The monoisotopic (exact) mass is 150 g/mol. The Hall–Kier alpha value is -1.56. The molecule has 0 aromatic heterocycles. The van der Waals surface area contributed by atoms with Crippen molar-refractivity contribution in [3.8, 4) is 22.3 Å². The molecule has 0 fully saturated rings. The average Bonchev–Trinajstić information content (AvgIpc) is 2.14. The fraction of sp³-hybridized carbons (Fsp3) is 0. The molecule has 0 aliphatic heterocycles. The predicted octanol–water partition coefficient (Wildman–Crippen LogP) is 2.93. The first kappa shape index (κ1) is 6.01. The van der Waals surface area contributed by atoms with E-state index in [0.29, 0.717) is 0 Å². The van der Waals surface area contributed by atoms with Crippen molar-refractivity contribution in [2.24, 2.45) is 0 Å². The van der Waals surface area contributed by atoms with Gasteiger partial charge in [-0.3, -0.25) is 0 Å². The van der Waals surface area contributed by atoms with Gasteiger partial charge in [0.15, 0.2) is 0 Å². The van der Waals surface area contributed by atoms with Crippen molar-refractivity contribution in [2.45, 2.75) is 0 Å². The van der Waals surface area contributed by atoms with Gasteiger partial charge in [-0.2, -0.15) is 0 Å². The van der Waals surface area contributed by atoms with E-state index in [2.05, 4.69) is 24.3 Å². The van der Waals surface area contributed by atoms with Gasteiger partial charge < -0.3 is 0 Å². The van der Waals surface area contributed by atoms with Crippen LogP contribution >= 0.6 is 0 Å². The summed E-state index contributed by atoms with van der Waals surface area (Å²) in [6, 6.07) is 18.5. The van der Waals surface area contributed by atoms with Gasteiger partial charge in [-0.1, -0.05) is 30.3 Å². The molecule has 54 valence electrons. The van der Waals surface area contributed by atoms with E-state index >= 15 is 0 Å². The topological polar surface area (TPSA) is 0 Å². The molecule has 2 aromatic carbocycles. The highest BCUT2D eigenvalue weighted by Crippen LogP contribution is 2.45. The van der Waals surface area contributed by atoms with Gasteiger partial charge >= 0.3 is 0 Å². The molecule has 0 saturated heterocycles. The second-order valence-corrected chi connectivity index (χ2v) is 2.93. The number of hydrogen-bond acceptors (Lipinski definition) is 0. The van der Waals surface area contributed by atoms with Gasteiger partial charge in [-0.25, -0.2) is 0 Å². The maximum Gasteiger partial charge on any atom is -0.00199 e. The lowest BCUT2D eigenvalue weighted by molar-refractivity contribution is 1.51. The van der Waals surface area contributed by atoms with Crippen LogP contribution in [0.15, 0.2) is 36.4 Å². The fourth-order valence-electron chi connectivity index (χ4n) is 1.69. The van der Waals surface area contributed by atoms with Crippen molar-refractivity contribution in [1.29, 1.82) is 0 Å². The van der Waals surface area contributed by atoms with Crippen molar-refractivity contribution in [2.75, 3.05) is 0 Å². The standard InChI is InChI=1S/C12H6/c1-2-6-10-9(5-1)11-7-3-4-8-12(10)11/h1-3,5,7-8H. The largest absolute Gasteiger partial charge is 0.0610 e. The van der Waals surface area contributed by atoms with Crippen LogP contribution in [0.25, 0.3) is 22.3 Å². The molecule has 0 N–H and O–H groups in total. The molecule has 2 aromatic rings. The summed E-state index contributed by atoms with van der Waals surface area (Å²) in [4.78, 5) is 0. The molecule has 0 heteroatoms. The highest BCUT2D eigenvalue weighted by molar-refractivity contribution is 6.01. The molecule has 1 aliphatic rings. The van der Waals surface area contributed by atoms with Gasteiger partial charge in [0.2, 0.25) is 0 Å². The molecule has 1 aliphatic carbocycles. The molecular formula is C12H6. The minimum Gasteiger partial charge on any atom is -0.0610 e. The van der Waals surface area contributed by atoms with Crippen molar-refractivity contribution in [3.05, 3.63) is 48.5 Å². The first-order valence-corrected chi connectivity index (χ1v) is 3.98. The van der Waals surface area contributed by atoms with Crippen LogP contribution < -0.4 is 0 Å². The molecule has 0 heterocycles. The SMILES string of the molecule is [c]1ccc2c(c1)-c1[c]cccc1-2. The van der Waals surface area contributed by atoms with E-state index in [4.69, 9.17) is 0 Å². The van der Waals surface area contributed by atoms with Gasteiger partial charge in [0, 0.05) is 0 Å². The molecular weight excluding hydrogens is 144 g/mol. The first-order chi connectivity index (χ1) is 5.97. The summed E-state index contributed by atoms with van der Waals surface area (Å²) in [5, 5.41) is 0. The number of rotatable bonds is 0. The summed E-state index contributed by atoms with van der Waals surface area (Å²) in [6.45, 7) is 0. The van der Waals surface area contributed by atoms with Crippen molar-refractivity contribution in [1.82, 2.24) is 0 Å². The third-order valence-corrected chi connectivity index (χ3v) is 2.28. The highest BCUT2D eigenvalue weighted by atomic mass is 14.2. The Morgan fingerprint density at radius 1 is 0.917 bits per heavy atom. The van der Waals surface area contributed by atoms with Gasteiger partial charge in [0.05, 0.1) is 0 Å². The van der Waals surface area contributed by atoms with Gasteiger partial charge in [0.25, 0.3) is 0 Å². The van der Waals surface area contributed by atoms with E-state index in [1.165, 1.54) is 22.3 Å². The lowest BCUT2D eigenvalue weighted by Gasteiger charge is -2.22. The van der Waals surface area contributed by atoms with Crippen LogP contribution in [0.1, 0.15) is 0 Å². The lowest BCUT2D eigenvalue weighted by atomic mass is 9.81. The maximum absolute atomic E-state index is 3.22. The second-order valence-electron chi connectivity index (χ2n) is 2.93. The van der Waals surface area contributed by atoms with Crippen LogP contribution in [0.5, 0.6) is 0 Å². The molecule has 12 heavy (non-hydrogen) atoms. The van der Waals surface area contributed by atoms with Gasteiger partial charge in [-0.15, -0.1) is 0 Å². The molecule has 0 saturated carbocycles. The molecule has 0 atom stereocenters.